The van der Waals surface area contributed by atoms with Gasteiger partial charge >= 0.3 is 0 Å². The van der Waals surface area contributed by atoms with Crippen LogP contribution in [0.15, 0.2) is 54.9 Å². The number of amides is 1. The first kappa shape index (κ1) is 19.6. The number of hydrogen-bond acceptors (Lipinski definition) is 6. The molecule has 9 heteroatoms. The summed E-state index contributed by atoms with van der Waals surface area (Å²) in [5.74, 6) is 0.548. The first-order valence-electron chi connectivity index (χ1n) is 11.4. The van der Waals surface area contributed by atoms with E-state index in [1.165, 1.54) is 12.1 Å². The van der Waals surface area contributed by atoms with E-state index >= 15 is 0 Å². The van der Waals surface area contributed by atoms with Crippen molar-refractivity contribution in [3.8, 4) is 22.5 Å². The molecule has 2 aromatic heterocycles. The van der Waals surface area contributed by atoms with Crippen molar-refractivity contribution < 1.29 is 9.18 Å². The Morgan fingerprint density at radius 3 is 2.53 bits per heavy atom. The lowest BCUT2D eigenvalue weighted by Crippen LogP contribution is -2.40. The van der Waals surface area contributed by atoms with Crippen molar-refractivity contribution in [3.63, 3.8) is 0 Å². The maximum Gasteiger partial charge on any atom is 0.228 e. The number of benzene rings is 2. The van der Waals surface area contributed by atoms with Crippen molar-refractivity contribution in [2.45, 2.75) is 24.9 Å². The van der Waals surface area contributed by atoms with E-state index in [0.717, 1.165) is 71.2 Å². The Morgan fingerprint density at radius 1 is 1.00 bits per heavy atom. The zero-order valence-electron chi connectivity index (χ0n) is 18.3. The molecule has 2 fully saturated rings. The van der Waals surface area contributed by atoms with Crippen LogP contribution in [-0.2, 0) is 11.2 Å². The van der Waals surface area contributed by atoms with Crippen LogP contribution in [0.2, 0.25) is 0 Å². The van der Waals surface area contributed by atoms with Crippen LogP contribution >= 0.6 is 0 Å². The van der Waals surface area contributed by atoms with Gasteiger partial charge in [-0.15, -0.1) is 0 Å². The van der Waals surface area contributed by atoms with Gasteiger partial charge in [-0.3, -0.25) is 9.20 Å². The summed E-state index contributed by atoms with van der Waals surface area (Å²) in [5, 5.41) is 2.89. The maximum absolute atomic E-state index is 13.7. The molecule has 8 nitrogen and oxygen atoms in total. The Kier molecular flexibility index (Phi) is 4.09. The van der Waals surface area contributed by atoms with Crippen LogP contribution in [0.3, 0.4) is 0 Å². The van der Waals surface area contributed by atoms with Crippen LogP contribution in [-0.4, -0.2) is 39.0 Å². The lowest BCUT2D eigenvalue weighted by atomic mass is 10.0. The molecular formula is C25H22FN7O. The van der Waals surface area contributed by atoms with Crippen molar-refractivity contribution >= 4 is 23.1 Å². The van der Waals surface area contributed by atoms with E-state index in [0.29, 0.717) is 6.42 Å². The fourth-order valence-corrected chi connectivity index (χ4v) is 5.09. The van der Waals surface area contributed by atoms with Gasteiger partial charge in [-0.1, -0.05) is 6.07 Å². The third-order valence-electron chi connectivity index (χ3n) is 7.04. The molecule has 0 radical (unpaired) electrons. The highest BCUT2D eigenvalue weighted by Gasteiger charge is 2.44. The number of nitrogens with zero attached hydrogens (tertiary/aromatic N) is 4. The minimum absolute atomic E-state index is 0.00181. The molecule has 3 aliphatic heterocycles. The SMILES string of the molecule is O=C1Cc2cc(-c3c(-c4ccc(F)cc4)nc4c(N5CCC6(CC5)NN6)nccn34)ccc2N1. The summed E-state index contributed by atoms with van der Waals surface area (Å²) in [6, 6.07) is 12.4. The van der Waals surface area contributed by atoms with Gasteiger partial charge in [-0.25, -0.2) is 25.2 Å². The van der Waals surface area contributed by atoms with E-state index in [-0.39, 0.29) is 17.4 Å². The standard InChI is InChI=1S/C25H22FN7O/c26-18-4-1-15(2-5-18)21-22(16-3-6-19-17(13-16)14-20(34)28-19)33-12-9-27-23(24(33)29-21)32-10-7-25(8-11-32)30-31-25/h1-6,9,12-13,30-31H,7-8,10-11,14H2,(H,28,34). The fraction of sp³-hybridized carbons (Fsp3) is 0.240. The number of halogens is 1. The van der Waals surface area contributed by atoms with E-state index in [9.17, 15) is 9.18 Å². The number of carbonyl (C=O) groups is 1. The molecule has 2 saturated heterocycles. The predicted molar refractivity (Wildman–Crippen MR) is 127 cm³/mol. The molecule has 170 valence electrons. The number of piperidine rings is 1. The van der Waals surface area contributed by atoms with Gasteiger partial charge in [0.1, 0.15) is 5.82 Å². The molecule has 3 aliphatic rings. The van der Waals surface area contributed by atoms with Gasteiger partial charge in [0, 0.05) is 42.3 Å². The lowest BCUT2D eigenvalue weighted by Gasteiger charge is -2.31. The summed E-state index contributed by atoms with van der Waals surface area (Å²) in [4.78, 5) is 23.9. The molecule has 5 heterocycles. The average molecular weight is 455 g/mol. The molecule has 1 amide bonds. The molecule has 34 heavy (non-hydrogen) atoms. The van der Waals surface area contributed by atoms with Crippen LogP contribution in [0.5, 0.6) is 0 Å². The van der Waals surface area contributed by atoms with Crippen LogP contribution in [0.1, 0.15) is 18.4 Å². The minimum atomic E-state index is -0.289. The Labute approximate surface area is 194 Å². The molecule has 0 bridgehead atoms. The number of fused-ring (bicyclic) bond motifs is 2. The highest BCUT2D eigenvalue weighted by Crippen LogP contribution is 2.38. The number of imidazole rings is 1. The highest BCUT2D eigenvalue weighted by molar-refractivity contribution is 6.00. The van der Waals surface area contributed by atoms with Crippen LogP contribution in [0, 0.1) is 5.82 Å². The van der Waals surface area contributed by atoms with Crippen molar-refractivity contribution in [1.29, 1.82) is 0 Å². The zero-order valence-corrected chi connectivity index (χ0v) is 18.3. The normalized spacial score (nSPS) is 18.4. The molecular weight excluding hydrogens is 433 g/mol. The molecule has 0 unspecified atom stereocenters. The lowest BCUT2D eigenvalue weighted by molar-refractivity contribution is -0.115. The second kappa shape index (κ2) is 7.09. The molecule has 0 atom stereocenters. The quantitative estimate of drug-likeness (QED) is 0.410. The number of anilines is 2. The molecule has 4 aromatic rings. The van der Waals surface area contributed by atoms with Crippen molar-refractivity contribution in [1.82, 2.24) is 25.2 Å². The summed E-state index contributed by atoms with van der Waals surface area (Å²) >= 11 is 0. The third kappa shape index (κ3) is 3.08. The third-order valence-corrected chi connectivity index (χ3v) is 7.04. The molecule has 1 spiro atoms. The van der Waals surface area contributed by atoms with Gasteiger partial charge in [0.15, 0.2) is 11.5 Å². The van der Waals surface area contributed by atoms with Gasteiger partial charge in [0.25, 0.3) is 0 Å². The minimum Gasteiger partial charge on any atom is -0.353 e. The van der Waals surface area contributed by atoms with Crippen LogP contribution < -0.4 is 21.1 Å². The largest absolute Gasteiger partial charge is 0.353 e. The van der Waals surface area contributed by atoms with Crippen molar-refractivity contribution in [2.24, 2.45) is 0 Å². The summed E-state index contributed by atoms with van der Waals surface area (Å²) in [6.45, 7) is 1.74. The Bertz CT molecular complexity index is 1450. The first-order chi connectivity index (χ1) is 16.6. The van der Waals surface area contributed by atoms with Gasteiger partial charge in [0.2, 0.25) is 5.91 Å². The van der Waals surface area contributed by atoms with Gasteiger partial charge in [-0.2, -0.15) is 0 Å². The number of rotatable bonds is 3. The van der Waals surface area contributed by atoms with Gasteiger partial charge in [-0.05, 0) is 54.8 Å². The maximum atomic E-state index is 13.7. The van der Waals surface area contributed by atoms with Gasteiger partial charge < -0.3 is 10.2 Å². The van der Waals surface area contributed by atoms with Gasteiger partial charge in [0.05, 0.1) is 23.5 Å². The molecule has 7 rings (SSSR count). The molecule has 0 saturated carbocycles. The number of nitrogens with one attached hydrogen (secondary N) is 3. The topological polar surface area (TPSA) is 106 Å². The van der Waals surface area contributed by atoms with E-state index in [2.05, 4.69) is 25.5 Å². The number of hydrogen-bond donors (Lipinski definition) is 3. The molecule has 2 aromatic carbocycles. The first-order valence-corrected chi connectivity index (χ1v) is 11.4. The molecule has 0 aliphatic carbocycles. The number of carbonyl (C=O) groups excluding carboxylic acids is 1. The van der Waals surface area contributed by atoms with Crippen molar-refractivity contribution in [3.05, 3.63) is 66.2 Å². The molecule has 3 N–H and O–H groups in total. The smallest absolute Gasteiger partial charge is 0.228 e. The summed E-state index contributed by atoms with van der Waals surface area (Å²) in [7, 11) is 0. The second-order valence-electron chi connectivity index (χ2n) is 9.18. The second-order valence-corrected chi connectivity index (χ2v) is 9.18. The van der Waals surface area contributed by atoms with E-state index < -0.39 is 0 Å². The van der Waals surface area contributed by atoms with E-state index in [1.807, 2.05) is 24.4 Å². The summed E-state index contributed by atoms with van der Waals surface area (Å²) in [5.41, 5.74) is 12.6. The number of aromatic nitrogens is 3. The Hall–Kier alpha value is -3.82. The van der Waals surface area contributed by atoms with Crippen LogP contribution in [0.4, 0.5) is 15.9 Å². The zero-order chi connectivity index (χ0) is 22.9. The predicted octanol–water partition coefficient (Wildman–Crippen LogP) is 3.10. The fourth-order valence-electron chi connectivity index (χ4n) is 5.09. The highest BCUT2D eigenvalue weighted by atomic mass is 19.1. The van der Waals surface area contributed by atoms with E-state index in [4.69, 9.17) is 9.97 Å². The monoisotopic (exact) mass is 455 g/mol. The van der Waals surface area contributed by atoms with Crippen LogP contribution in [0.25, 0.3) is 28.2 Å². The van der Waals surface area contributed by atoms with Crippen molar-refractivity contribution in [2.75, 3.05) is 23.3 Å². The van der Waals surface area contributed by atoms with E-state index in [1.54, 1.807) is 18.3 Å². The summed E-state index contributed by atoms with van der Waals surface area (Å²) in [6.07, 6.45) is 6.05. The Balaban J connectivity index is 1.40. The Morgan fingerprint density at radius 2 is 1.76 bits per heavy atom. The summed E-state index contributed by atoms with van der Waals surface area (Å²) < 4.78 is 15.8. The number of hydrazine groups is 1. The average Bonchev–Trinajstić information content (AvgIpc) is 3.31.